The van der Waals surface area contributed by atoms with Crippen molar-refractivity contribution in [2.75, 3.05) is 17.7 Å². The van der Waals surface area contributed by atoms with E-state index in [-0.39, 0.29) is 6.10 Å². The van der Waals surface area contributed by atoms with Crippen LogP contribution >= 0.6 is 0 Å². The molecule has 1 aromatic heterocycles. The van der Waals surface area contributed by atoms with Crippen LogP contribution in [0.3, 0.4) is 0 Å². The molecular weight excluding hydrogens is 204 g/mol. The molecule has 1 fully saturated rings. The molecule has 88 valence electrons. The van der Waals surface area contributed by atoms with Crippen molar-refractivity contribution < 1.29 is 4.74 Å². The topological polar surface area (TPSA) is 73.1 Å². The quantitative estimate of drug-likeness (QED) is 0.804. The predicted octanol–water partition coefficient (Wildman–Crippen LogP) is 1.21. The minimum atomic E-state index is 0.223. The van der Waals surface area contributed by atoms with Crippen LogP contribution in [-0.2, 0) is 11.2 Å². The lowest BCUT2D eigenvalue weighted by atomic mass is 10.1. The van der Waals surface area contributed by atoms with E-state index in [9.17, 15) is 0 Å². The fourth-order valence-electron chi connectivity index (χ4n) is 1.86. The van der Waals surface area contributed by atoms with Gasteiger partial charge in [-0.2, -0.15) is 0 Å². The van der Waals surface area contributed by atoms with E-state index in [4.69, 9.17) is 10.5 Å². The van der Waals surface area contributed by atoms with Gasteiger partial charge in [0.05, 0.1) is 12.1 Å². The Hall–Kier alpha value is -1.36. The van der Waals surface area contributed by atoms with Crippen molar-refractivity contribution in [2.24, 2.45) is 0 Å². The zero-order chi connectivity index (χ0) is 11.5. The van der Waals surface area contributed by atoms with E-state index in [0.717, 1.165) is 31.1 Å². The third-order valence-electron chi connectivity index (χ3n) is 2.82. The second kappa shape index (κ2) is 4.65. The number of nitrogens with two attached hydrogens (primary N) is 1. The maximum atomic E-state index is 5.72. The predicted molar refractivity (Wildman–Crippen MR) is 63.3 cm³/mol. The molecule has 1 saturated heterocycles. The van der Waals surface area contributed by atoms with Gasteiger partial charge in [0.15, 0.2) is 0 Å². The van der Waals surface area contributed by atoms with Crippen molar-refractivity contribution in [1.82, 2.24) is 9.97 Å². The summed E-state index contributed by atoms with van der Waals surface area (Å²) in [5.74, 6) is 2.08. The molecule has 1 aliphatic rings. The molecule has 5 nitrogen and oxygen atoms in total. The van der Waals surface area contributed by atoms with E-state index < -0.39 is 0 Å². The van der Waals surface area contributed by atoms with Crippen molar-refractivity contribution in [2.45, 2.75) is 38.8 Å². The first-order valence-corrected chi connectivity index (χ1v) is 5.70. The summed E-state index contributed by atoms with van der Waals surface area (Å²) in [5, 5.41) is 3.35. The summed E-state index contributed by atoms with van der Waals surface area (Å²) in [6.45, 7) is 4.88. The van der Waals surface area contributed by atoms with Gasteiger partial charge in [0.1, 0.15) is 17.5 Å². The fourth-order valence-corrected chi connectivity index (χ4v) is 1.86. The number of anilines is 2. The molecule has 2 rings (SSSR count). The normalized spacial score (nSPS) is 24.6. The van der Waals surface area contributed by atoms with Crippen molar-refractivity contribution in [1.29, 1.82) is 0 Å². The molecule has 0 amide bonds. The summed E-state index contributed by atoms with van der Waals surface area (Å²) in [6.07, 6.45) is 2.02. The van der Waals surface area contributed by atoms with Crippen LogP contribution in [0.5, 0.6) is 0 Å². The lowest BCUT2D eigenvalue weighted by Gasteiger charge is -2.17. The Morgan fingerprint density at radius 3 is 3.00 bits per heavy atom. The van der Waals surface area contributed by atoms with Crippen LogP contribution in [0.1, 0.15) is 26.1 Å². The highest BCUT2D eigenvalue weighted by molar-refractivity contribution is 5.45. The molecule has 1 aliphatic heterocycles. The number of aromatic nitrogens is 2. The average molecular weight is 222 g/mol. The maximum absolute atomic E-state index is 5.72. The Bertz CT molecular complexity index is 369. The summed E-state index contributed by atoms with van der Waals surface area (Å²) in [4.78, 5) is 8.53. The number of nitrogens with one attached hydrogen (secondary N) is 1. The molecule has 3 N–H and O–H groups in total. The Labute approximate surface area is 95.4 Å². The molecular formula is C11H18N4O. The first-order chi connectivity index (χ1) is 7.69. The molecule has 5 heteroatoms. The summed E-state index contributed by atoms with van der Waals surface area (Å²) in [6, 6.07) is 2.09. The minimum absolute atomic E-state index is 0.223. The van der Waals surface area contributed by atoms with Crippen molar-refractivity contribution in [3.05, 3.63) is 11.9 Å². The molecule has 16 heavy (non-hydrogen) atoms. The van der Waals surface area contributed by atoms with Crippen LogP contribution in [0.15, 0.2) is 6.07 Å². The third-order valence-corrected chi connectivity index (χ3v) is 2.82. The zero-order valence-electron chi connectivity index (χ0n) is 9.73. The highest BCUT2D eigenvalue weighted by Gasteiger charge is 2.24. The van der Waals surface area contributed by atoms with Crippen LogP contribution in [0, 0.1) is 0 Å². The van der Waals surface area contributed by atoms with Crippen molar-refractivity contribution in [3.8, 4) is 0 Å². The Kier molecular flexibility index (Phi) is 3.24. The SMILES string of the molecule is CCc1nc(N)cc(NC2CCOC2C)n1. The van der Waals surface area contributed by atoms with Crippen LogP contribution in [0.2, 0.25) is 0 Å². The van der Waals surface area contributed by atoms with Crippen molar-refractivity contribution in [3.63, 3.8) is 0 Å². The summed E-state index contributed by atoms with van der Waals surface area (Å²) >= 11 is 0. The standard InChI is InChI=1S/C11H18N4O/c1-3-10-14-9(12)6-11(15-10)13-8-4-5-16-7(8)2/h6-8H,3-5H2,1-2H3,(H3,12,13,14,15). The first-order valence-electron chi connectivity index (χ1n) is 5.70. The molecule has 0 aromatic carbocycles. The van der Waals surface area contributed by atoms with Crippen molar-refractivity contribution >= 4 is 11.6 Å². The van der Waals surface area contributed by atoms with E-state index in [0.29, 0.717) is 11.9 Å². The molecule has 0 bridgehead atoms. The monoisotopic (exact) mass is 222 g/mol. The molecule has 1 aromatic rings. The molecule has 0 radical (unpaired) electrons. The van der Waals surface area contributed by atoms with Gasteiger partial charge in [0, 0.05) is 19.1 Å². The van der Waals surface area contributed by atoms with Gasteiger partial charge in [-0.15, -0.1) is 0 Å². The summed E-state index contributed by atoms with van der Waals surface area (Å²) in [7, 11) is 0. The molecule has 2 atom stereocenters. The average Bonchev–Trinajstić information content (AvgIpc) is 2.63. The fraction of sp³-hybridized carbons (Fsp3) is 0.636. The maximum Gasteiger partial charge on any atom is 0.132 e. The van der Waals surface area contributed by atoms with Crippen LogP contribution in [0.25, 0.3) is 0 Å². The van der Waals surface area contributed by atoms with E-state index in [2.05, 4.69) is 22.2 Å². The second-order valence-electron chi connectivity index (χ2n) is 4.06. The number of rotatable bonds is 3. The Morgan fingerprint density at radius 2 is 2.38 bits per heavy atom. The first kappa shape index (κ1) is 11.1. The van der Waals surface area contributed by atoms with Gasteiger partial charge >= 0.3 is 0 Å². The summed E-state index contributed by atoms with van der Waals surface area (Å²) in [5.41, 5.74) is 5.72. The minimum Gasteiger partial charge on any atom is -0.384 e. The van der Waals surface area contributed by atoms with Gasteiger partial charge in [0.25, 0.3) is 0 Å². The number of hydrogen-bond acceptors (Lipinski definition) is 5. The highest BCUT2D eigenvalue weighted by atomic mass is 16.5. The van der Waals surface area contributed by atoms with Gasteiger partial charge in [0.2, 0.25) is 0 Å². The van der Waals surface area contributed by atoms with E-state index >= 15 is 0 Å². The molecule has 2 heterocycles. The molecule has 0 saturated carbocycles. The third kappa shape index (κ3) is 2.41. The van der Waals surface area contributed by atoms with E-state index in [1.807, 2.05) is 6.92 Å². The number of nitrogen functional groups attached to an aromatic ring is 1. The van der Waals surface area contributed by atoms with Crippen LogP contribution in [0.4, 0.5) is 11.6 Å². The van der Waals surface area contributed by atoms with Gasteiger partial charge in [-0.1, -0.05) is 6.92 Å². The second-order valence-corrected chi connectivity index (χ2v) is 4.06. The molecule has 2 unspecified atom stereocenters. The van der Waals surface area contributed by atoms with Crippen LogP contribution < -0.4 is 11.1 Å². The van der Waals surface area contributed by atoms with E-state index in [1.165, 1.54) is 0 Å². The zero-order valence-corrected chi connectivity index (χ0v) is 9.73. The summed E-state index contributed by atoms with van der Waals surface area (Å²) < 4.78 is 5.49. The number of hydrogen-bond donors (Lipinski definition) is 2. The van der Waals surface area contributed by atoms with Gasteiger partial charge in [-0.25, -0.2) is 9.97 Å². The Balaban J connectivity index is 2.11. The lowest BCUT2D eigenvalue weighted by molar-refractivity contribution is 0.121. The molecule has 0 aliphatic carbocycles. The lowest BCUT2D eigenvalue weighted by Crippen LogP contribution is -2.27. The van der Waals surface area contributed by atoms with Gasteiger partial charge in [-0.3, -0.25) is 0 Å². The van der Waals surface area contributed by atoms with E-state index in [1.54, 1.807) is 6.07 Å². The van der Waals surface area contributed by atoms with Crippen LogP contribution in [-0.4, -0.2) is 28.7 Å². The smallest absolute Gasteiger partial charge is 0.132 e. The Morgan fingerprint density at radius 1 is 1.56 bits per heavy atom. The highest BCUT2D eigenvalue weighted by Crippen LogP contribution is 2.18. The van der Waals surface area contributed by atoms with Gasteiger partial charge < -0.3 is 15.8 Å². The number of aryl methyl sites for hydroxylation is 1. The largest absolute Gasteiger partial charge is 0.384 e. The number of nitrogens with zero attached hydrogens (tertiary/aromatic N) is 2. The number of ether oxygens (including phenoxy) is 1. The molecule has 0 spiro atoms. The van der Waals surface area contributed by atoms with Gasteiger partial charge in [-0.05, 0) is 13.3 Å².